The Morgan fingerprint density at radius 3 is 2.45 bits per heavy atom. The van der Waals surface area contributed by atoms with Crippen LogP contribution in [0, 0.1) is 0 Å². The highest BCUT2D eigenvalue weighted by atomic mass is 32.2. The number of benzene rings is 1. The van der Waals surface area contributed by atoms with E-state index in [2.05, 4.69) is 5.32 Å². The molecule has 0 aliphatic carbocycles. The third-order valence-corrected chi connectivity index (χ3v) is 4.85. The molecule has 6 heteroatoms. The van der Waals surface area contributed by atoms with Gasteiger partial charge in [0.25, 0.3) is 5.91 Å². The molecule has 1 N–H and O–H groups in total. The van der Waals surface area contributed by atoms with E-state index in [1.54, 1.807) is 11.3 Å². The maximum atomic E-state index is 11.9. The summed E-state index contributed by atoms with van der Waals surface area (Å²) in [6, 6.07) is 9.95. The average molecular weight is 309 g/mol. The number of thiophene rings is 1. The number of rotatable bonds is 5. The molecule has 0 unspecified atom stereocenters. The molecule has 0 aliphatic heterocycles. The molecule has 2 aromatic rings. The van der Waals surface area contributed by atoms with Gasteiger partial charge in [-0.3, -0.25) is 4.79 Å². The fraction of sp³-hybridized carbons (Fsp3) is 0.214. The van der Waals surface area contributed by atoms with Crippen molar-refractivity contribution in [3.8, 4) is 0 Å². The summed E-state index contributed by atoms with van der Waals surface area (Å²) in [6.07, 6.45) is 1.94. The maximum absolute atomic E-state index is 11.9. The Morgan fingerprint density at radius 2 is 1.90 bits per heavy atom. The summed E-state index contributed by atoms with van der Waals surface area (Å²) >= 11 is 1.66. The molecule has 20 heavy (non-hydrogen) atoms. The summed E-state index contributed by atoms with van der Waals surface area (Å²) in [4.78, 5) is 13.3. The minimum atomic E-state index is -3.22. The molecule has 0 atom stereocenters. The van der Waals surface area contributed by atoms with Crippen LogP contribution in [0.5, 0.6) is 0 Å². The van der Waals surface area contributed by atoms with Gasteiger partial charge in [0, 0.05) is 23.2 Å². The molecule has 0 radical (unpaired) electrons. The number of carbonyl (C=O) groups is 1. The molecule has 0 aliphatic rings. The van der Waals surface area contributed by atoms with Crippen molar-refractivity contribution >= 4 is 27.1 Å². The molecule has 0 bridgehead atoms. The van der Waals surface area contributed by atoms with Crippen LogP contribution < -0.4 is 5.32 Å². The predicted octanol–water partition coefficient (Wildman–Crippen LogP) is 2.12. The normalized spacial score (nSPS) is 11.2. The topological polar surface area (TPSA) is 63.2 Å². The first-order valence-corrected chi connectivity index (χ1v) is 8.84. The van der Waals surface area contributed by atoms with Gasteiger partial charge in [-0.2, -0.15) is 0 Å². The Morgan fingerprint density at radius 1 is 1.20 bits per heavy atom. The van der Waals surface area contributed by atoms with Crippen LogP contribution in [0.3, 0.4) is 0 Å². The largest absolute Gasteiger partial charge is 0.352 e. The van der Waals surface area contributed by atoms with Crippen LogP contribution in [-0.2, 0) is 16.3 Å². The minimum Gasteiger partial charge on any atom is -0.352 e. The van der Waals surface area contributed by atoms with Gasteiger partial charge in [0.05, 0.1) is 4.90 Å². The molecule has 0 saturated heterocycles. The Balaban J connectivity index is 1.92. The fourth-order valence-electron chi connectivity index (χ4n) is 1.71. The van der Waals surface area contributed by atoms with E-state index in [1.165, 1.54) is 29.1 Å². The Kier molecular flexibility index (Phi) is 4.57. The first kappa shape index (κ1) is 14.7. The second kappa shape index (κ2) is 6.19. The van der Waals surface area contributed by atoms with Crippen molar-refractivity contribution in [1.82, 2.24) is 5.32 Å². The minimum absolute atomic E-state index is 0.193. The van der Waals surface area contributed by atoms with Gasteiger partial charge in [-0.05, 0) is 42.1 Å². The Hall–Kier alpha value is -1.66. The van der Waals surface area contributed by atoms with Gasteiger partial charge in [0.1, 0.15) is 0 Å². The highest BCUT2D eigenvalue weighted by molar-refractivity contribution is 7.90. The van der Waals surface area contributed by atoms with Crippen LogP contribution in [0.15, 0.2) is 46.7 Å². The van der Waals surface area contributed by atoms with Crippen molar-refractivity contribution in [1.29, 1.82) is 0 Å². The van der Waals surface area contributed by atoms with E-state index >= 15 is 0 Å². The van der Waals surface area contributed by atoms with E-state index in [0.29, 0.717) is 12.1 Å². The monoisotopic (exact) mass is 309 g/mol. The number of sulfone groups is 1. The van der Waals surface area contributed by atoms with E-state index < -0.39 is 9.84 Å². The molecule has 4 nitrogen and oxygen atoms in total. The summed E-state index contributed by atoms with van der Waals surface area (Å²) in [5, 5.41) is 4.81. The van der Waals surface area contributed by atoms with E-state index in [-0.39, 0.29) is 10.8 Å². The summed E-state index contributed by atoms with van der Waals surface area (Å²) in [7, 11) is -3.22. The second-order valence-electron chi connectivity index (χ2n) is 4.38. The van der Waals surface area contributed by atoms with Gasteiger partial charge in [0.2, 0.25) is 0 Å². The van der Waals surface area contributed by atoms with Gasteiger partial charge in [-0.25, -0.2) is 8.42 Å². The maximum Gasteiger partial charge on any atom is 0.251 e. The lowest BCUT2D eigenvalue weighted by Gasteiger charge is -2.05. The van der Waals surface area contributed by atoms with Gasteiger partial charge in [-0.15, -0.1) is 11.3 Å². The second-order valence-corrected chi connectivity index (χ2v) is 7.43. The number of amides is 1. The molecule has 1 aromatic carbocycles. The molecule has 2 rings (SSSR count). The summed E-state index contributed by atoms with van der Waals surface area (Å²) in [5.74, 6) is -0.193. The SMILES string of the molecule is CS(=O)(=O)c1ccc(C(=O)NCCc2cccs2)cc1. The number of hydrogen-bond acceptors (Lipinski definition) is 4. The first-order chi connectivity index (χ1) is 9.47. The lowest BCUT2D eigenvalue weighted by molar-refractivity contribution is 0.0954. The summed E-state index contributed by atoms with van der Waals surface area (Å²) < 4.78 is 22.6. The van der Waals surface area contributed by atoms with Crippen LogP contribution in [-0.4, -0.2) is 27.1 Å². The van der Waals surface area contributed by atoms with Crippen molar-refractivity contribution in [3.63, 3.8) is 0 Å². The van der Waals surface area contributed by atoms with E-state index in [4.69, 9.17) is 0 Å². The van der Waals surface area contributed by atoms with Crippen molar-refractivity contribution in [2.75, 3.05) is 12.8 Å². The zero-order chi connectivity index (χ0) is 14.6. The molecule has 106 valence electrons. The Bertz CT molecular complexity index is 674. The van der Waals surface area contributed by atoms with Crippen LogP contribution in [0.25, 0.3) is 0 Å². The molecule has 0 spiro atoms. The lowest BCUT2D eigenvalue weighted by atomic mass is 10.2. The van der Waals surface area contributed by atoms with Gasteiger partial charge in [-0.1, -0.05) is 6.07 Å². The quantitative estimate of drug-likeness (QED) is 0.920. The van der Waals surface area contributed by atoms with Crippen molar-refractivity contribution in [3.05, 3.63) is 52.2 Å². The number of nitrogens with one attached hydrogen (secondary N) is 1. The average Bonchev–Trinajstić information content (AvgIpc) is 2.91. The highest BCUT2D eigenvalue weighted by Crippen LogP contribution is 2.11. The summed E-state index contributed by atoms with van der Waals surface area (Å²) in [5.41, 5.74) is 0.462. The van der Waals surface area contributed by atoms with E-state index in [0.717, 1.165) is 12.7 Å². The van der Waals surface area contributed by atoms with Crippen LogP contribution in [0.2, 0.25) is 0 Å². The first-order valence-electron chi connectivity index (χ1n) is 6.07. The van der Waals surface area contributed by atoms with Crippen molar-refractivity contribution in [2.24, 2.45) is 0 Å². The smallest absolute Gasteiger partial charge is 0.251 e. The van der Waals surface area contributed by atoms with Gasteiger partial charge in [0.15, 0.2) is 9.84 Å². The van der Waals surface area contributed by atoms with E-state index in [9.17, 15) is 13.2 Å². The van der Waals surface area contributed by atoms with Crippen LogP contribution >= 0.6 is 11.3 Å². The van der Waals surface area contributed by atoms with Crippen LogP contribution in [0.4, 0.5) is 0 Å². The predicted molar refractivity (Wildman–Crippen MR) is 79.9 cm³/mol. The molecule has 1 amide bonds. The third-order valence-electron chi connectivity index (χ3n) is 2.78. The molecular weight excluding hydrogens is 294 g/mol. The number of carbonyl (C=O) groups excluding carboxylic acids is 1. The van der Waals surface area contributed by atoms with Crippen molar-refractivity contribution < 1.29 is 13.2 Å². The zero-order valence-electron chi connectivity index (χ0n) is 11.0. The molecular formula is C14H15NO3S2. The third kappa shape index (κ3) is 3.91. The Labute approximate surface area is 122 Å². The lowest BCUT2D eigenvalue weighted by Crippen LogP contribution is -2.25. The number of hydrogen-bond donors (Lipinski definition) is 1. The molecule has 0 fully saturated rings. The summed E-state index contributed by atoms with van der Waals surface area (Å²) in [6.45, 7) is 0.563. The fourth-order valence-corrected chi connectivity index (χ4v) is 3.05. The van der Waals surface area contributed by atoms with Crippen LogP contribution in [0.1, 0.15) is 15.2 Å². The highest BCUT2D eigenvalue weighted by Gasteiger charge is 2.09. The molecule has 0 saturated carbocycles. The zero-order valence-corrected chi connectivity index (χ0v) is 12.6. The standard InChI is InChI=1S/C14H15NO3S2/c1-20(17,18)13-6-4-11(5-7-13)14(16)15-9-8-12-3-2-10-19-12/h2-7,10H,8-9H2,1H3,(H,15,16). The van der Waals surface area contributed by atoms with Gasteiger partial charge < -0.3 is 5.32 Å². The van der Waals surface area contributed by atoms with E-state index in [1.807, 2.05) is 17.5 Å². The van der Waals surface area contributed by atoms with Gasteiger partial charge >= 0.3 is 0 Å². The van der Waals surface area contributed by atoms with Crippen molar-refractivity contribution in [2.45, 2.75) is 11.3 Å². The molecule has 1 aromatic heterocycles. The molecule has 1 heterocycles.